The standard InChI is InChI=1S/C16H16F2N2O3S/c1-10-4-5-11(8-15(10)24(22,23)20(2)3)16(21)19-12-6-7-13(17)14(18)9-12/h4-9H,1-3H3,(H,19,21). The molecule has 2 aromatic carbocycles. The number of amides is 1. The molecule has 2 rings (SSSR count). The number of rotatable bonds is 4. The van der Waals surface area contributed by atoms with Gasteiger partial charge < -0.3 is 5.32 Å². The van der Waals surface area contributed by atoms with Crippen molar-refractivity contribution in [2.75, 3.05) is 19.4 Å². The molecule has 0 bridgehead atoms. The summed E-state index contributed by atoms with van der Waals surface area (Å²) in [6.07, 6.45) is 0. The van der Waals surface area contributed by atoms with Crippen LogP contribution in [0.3, 0.4) is 0 Å². The van der Waals surface area contributed by atoms with E-state index < -0.39 is 27.6 Å². The van der Waals surface area contributed by atoms with Gasteiger partial charge in [-0.25, -0.2) is 21.5 Å². The lowest BCUT2D eigenvalue weighted by Gasteiger charge is -2.14. The number of nitrogens with one attached hydrogen (secondary N) is 1. The molecule has 0 fully saturated rings. The minimum absolute atomic E-state index is 0.00503. The van der Waals surface area contributed by atoms with Gasteiger partial charge in [-0.15, -0.1) is 0 Å². The number of carbonyl (C=O) groups is 1. The van der Waals surface area contributed by atoms with Crippen LogP contribution in [-0.2, 0) is 10.0 Å². The molecule has 8 heteroatoms. The molecule has 0 aliphatic rings. The fourth-order valence-electron chi connectivity index (χ4n) is 1.99. The number of anilines is 1. The maximum absolute atomic E-state index is 13.2. The predicted molar refractivity (Wildman–Crippen MR) is 86.4 cm³/mol. The summed E-state index contributed by atoms with van der Waals surface area (Å²) < 4.78 is 51.7. The molecule has 0 radical (unpaired) electrons. The van der Waals surface area contributed by atoms with Gasteiger partial charge in [0, 0.05) is 31.4 Å². The number of carbonyl (C=O) groups excluding carboxylic acids is 1. The van der Waals surface area contributed by atoms with Crippen molar-refractivity contribution in [2.24, 2.45) is 0 Å². The van der Waals surface area contributed by atoms with Gasteiger partial charge in [0.15, 0.2) is 11.6 Å². The Hall–Kier alpha value is -2.32. The van der Waals surface area contributed by atoms with E-state index in [0.29, 0.717) is 5.56 Å². The van der Waals surface area contributed by atoms with Crippen molar-refractivity contribution in [1.82, 2.24) is 4.31 Å². The van der Waals surface area contributed by atoms with Crippen LogP contribution < -0.4 is 5.32 Å². The Morgan fingerprint density at radius 1 is 1.04 bits per heavy atom. The number of nitrogens with zero attached hydrogens (tertiary/aromatic N) is 1. The third-order valence-electron chi connectivity index (χ3n) is 3.39. The van der Waals surface area contributed by atoms with Crippen molar-refractivity contribution in [3.8, 4) is 0 Å². The zero-order chi connectivity index (χ0) is 18.1. The summed E-state index contributed by atoms with van der Waals surface area (Å²) in [4.78, 5) is 12.2. The lowest BCUT2D eigenvalue weighted by atomic mass is 10.1. The van der Waals surface area contributed by atoms with Gasteiger partial charge >= 0.3 is 0 Å². The molecule has 0 aliphatic carbocycles. The number of aryl methyl sites for hydroxylation is 1. The molecule has 0 atom stereocenters. The normalized spacial score (nSPS) is 11.6. The predicted octanol–water partition coefficient (Wildman–Crippen LogP) is 2.78. The molecular formula is C16H16F2N2O3S. The molecule has 2 aromatic rings. The summed E-state index contributed by atoms with van der Waals surface area (Å²) >= 11 is 0. The first-order valence-electron chi connectivity index (χ1n) is 6.92. The van der Waals surface area contributed by atoms with Crippen LogP contribution in [0.2, 0.25) is 0 Å². The lowest BCUT2D eigenvalue weighted by molar-refractivity contribution is 0.102. The molecule has 24 heavy (non-hydrogen) atoms. The fraction of sp³-hybridized carbons (Fsp3) is 0.188. The van der Waals surface area contributed by atoms with Crippen molar-refractivity contribution in [3.63, 3.8) is 0 Å². The Bertz CT molecular complexity index is 896. The molecule has 1 amide bonds. The van der Waals surface area contributed by atoms with Crippen molar-refractivity contribution >= 4 is 21.6 Å². The molecular weight excluding hydrogens is 338 g/mol. The van der Waals surface area contributed by atoms with Crippen LogP contribution in [0, 0.1) is 18.6 Å². The first kappa shape index (κ1) is 18.0. The van der Waals surface area contributed by atoms with Crippen molar-refractivity contribution in [3.05, 3.63) is 59.2 Å². The van der Waals surface area contributed by atoms with E-state index in [4.69, 9.17) is 0 Å². The van der Waals surface area contributed by atoms with Crippen LogP contribution in [0.4, 0.5) is 14.5 Å². The zero-order valence-electron chi connectivity index (χ0n) is 13.3. The molecule has 0 unspecified atom stereocenters. The van der Waals surface area contributed by atoms with Gasteiger partial charge in [-0.3, -0.25) is 4.79 Å². The minimum Gasteiger partial charge on any atom is -0.322 e. The lowest BCUT2D eigenvalue weighted by Crippen LogP contribution is -2.23. The molecule has 1 N–H and O–H groups in total. The van der Waals surface area contributed by atoms with Gasteiger partial charge in [0.1, 0.15) is 0 Å². The second-order valence-electron chi connectivity index (χ2n) is 5.35. The van der Waals surface area contributed by atoms with E-state index in [-0.39, 0.29) is 16.1 Å². The molecule has 128 valence electrons. The SMILES string of the molecule is Cc1ccc(C(=O)Nc2ccc(F)c(F)c2)cc1S(=O)(=O)N(C)C. The molecule has 0 spiro atoms. The second kappa shape index (κ2) is 6.66. The average molecular weight is 354 g/mol. The second-order valence-corrected chi connectivity index (χ2v) is 7.47. The summed E-state index contributed by atoms with van der Waals surface area (Å²) in [5, 5.41) is 2.40. The van der Waals surface area contributed by atoms with E-state index in [0.717, 1.165) is 16.4 Å². The van der Waals surface area contributed by atoms with Gasteiger partial charge in [0.05, 0.1) is 4.90 Å². The maximum Gasteiger partial charge on any atom is 0.255 e. The number of hydrogen-bond donors (Lipinski definition) is 1. The van der Waals surface area contributed by atoms with E-state index in [2.05, 4.69) is 5.32 Å². The van der Waals surface area contributed by atoms with Crippen LogP contribution in [-0.4, -0.2) is 32.7 Å². The van der Waals surface area contributed by atoms with Crippen LogP contribution in [0.15, 0.2) is 41.3 Å². The van der Waals surface area contributed by atoms with Gasteiger partial charge in [-0.1, -0.05) is 6.07 Å². The summed E-state index contributed by atoms with van der Waals surface area (Å²) in [6, 6.07) is 7.17. The first-order valence-corrected chi connectivity index (χ1v) is 8.36. The van der Waals surface area contributed by atoms with Crippen molar-refractivity contribution in [2.45, 2.75) is 11.8 Å². The van der Waals surface area contributed by atoms with Crippen LogP contribution in [0.1, 0.15) is 15.9 Å². The maximum atomic E-state index is 13.2. The summed E-state index contributed by atoms with van der Waals surface area (Å²) in [5.74, 6) is -2.74. The molecule has 0 saturated heterocycles. The highest BCUT2D eigenvalue weighted by Gasteiger charge is 2.21. The molecule has 5 nitrogen and oxygen atoms in total. The van der Waals surface area contributed by atoms with Crippen molar-refractivity contribution < 1.29 is 22.0 Å². The summed E-state index contributed by atoms with van der Waals surface area (Å²) in [6.45, 7) is 1.62. The van der Waals surface area contributed by atoms with Crippen LogP contribution in [0.5, 0.6) is 0 Å². The molecule has 0 aromatic heterocycles. The third-order valence-corrected chi connectivity index (χ3v) is 5.34. The highest BCUT2D eigenvalue weighted by molar-refractivity contribution is 7.89. The Balaban J connectivity index is 2.35. The highest BCUT2D eigenvalue weighted by Crippen LogP contribution is 2.21. The molecule has 0 heterocycles. The Kier molecular flexibility index (Phi) is 5.00. The van der Waals surface area contributed by atoms with Crippen LogP contribution >= 0.6 is 0 Å². The van der Waals surface area contributed by atoms with E-state index in [9.17, 15) is 22.0 Å². The van der Waals surface area contributed by atoms with E-state index in [1.165, 1.54) is 38.4 Å². The van der Waals surface area contributed by atoms with Gasteiger partial charge in [-0.2, -0.15) is 0 Å². The van der Waals surface area contributed by atoms with E-state index in [1.807, 2.05) is 0 Å². The third kappa shape index (κ3) is 3.60. The smallest absolute Gasteiger partial charge is 0.255 e. The highest BCUT2D eigenvalue weighted by atomic mass is 32.2. The monoisotopic (exact) mass is 354 g/mol. The van der Waals surface area contributed by atoms with Crippen LogP contribution in [0.25, 0.3) is 0 Å². The van der Waals surface area contributed by atoms with Gasteiger partial charge in [0.2, 0.25) is 10.0 Å². The number of hydrogen-bond acceptors (Lipinski definition) is 3. The Labute approximate surface area is 139 Å². The fourth-order valence-corrected chi connectivity index (χ4v) is 3.14. The van der Waals surface area contributed by atoms with E-state index >= 15 is 0 Å². The first-order chi connectivity index (χ1) is 11.1. The van der Waals surface area contributed by atoms with Gasteiger partial charge in [0.25, 0.3) is 5.91 Å². The Morgan fingerprint density at radius 3 is 2.29 bits per heavy atom. The number of sulfonamides is 1. The van der Waals surface area contributed by atoms with Gasteiger partial charge in [-0.05, 0) is 36.8 Å². The van der Waals surface area contributed by atoms with Crippen molar-refractivity contribution in [1.29, 1.82) is 0 Å². The molecule has 0 aliphatic heterocycles. The summed E-state index contributed by atoms with van der Waals surface area (Å²) in [7, 11) is -0.922. The minimum atomic E-state index is -3.71. The Morgan fingerprint density at radius 2 is 1.71 bits per heavy atom. The zero-order valence-corrected chi connectivity index (χ0v) is 14.1. The topological polar surface area (TPSA) is 66.5 Å². The number of benzene rings is 2. The largest absolute Gasteiger partial charge is 0.322 e. The van der Waals surface area contributed by atoms with E-state index in [1.54, 1.807) is 6.92 Å². The summed E-state index contributed by atoms with van der Waals surface area (Å²) in [5.41, 5.74) is 0.648. The quantitative estimate of drug-likeness (QED) is 0.918. The number of halogens is 2. The molecule has 0 saturated carbocycles. The average Bonchev–Trinajstić information content (AvgIpc) is 2.51.